The van der Waals surface area contributed by atoms with E-state index in [1.54, 1.807) is 0 Å². The maximum absolute atomic E-state index is 5.16. The van der Waals surface area contributed by atoms with E-state index in [9.17, 15) is 0 Å². The van der Waals surface area contributed by atoms with E-state index in [1.165, 1.54) is 16.8 Å². The molecule has 1 aliphatic rings. The lowest BCUT2D eigenvalue weighted by molar-refractivity contribution is 0.363. The van der Waals surface area contributed by atoms with Crippen LogP contribution in [0.5, 0.6) is 0 Å². The molecule has 1 N–H and O–H groups in total. The van der Waals surface area contributed by atoms with E-state index in [2.05, 4.69) is 69.2 Å². The summed E-state index contributed by atoms with van der Waals surface area (Å²) in [7, 11) is 0. The highest BCUT2D eigenvalue weighted by molar-refractivity contribution is 5.80. The van der Waals surface area contributed by atoms with Gasteiger partial charge >= 0.3 is 0 Å². The molecule has 3 rings (SSSR count). The lowest BCUT2D eigenvalue weighted by atomic mass is 10.1. The molecule has 0 amide bonds. The van der Waals surface area contributed by atoms with Crippen molar-refractivity contribution in [1.82, 2.24) is 20.4 Å². The molecular formula is C19H28N6O. The van der Waals surface area contributed by atoms with Crippen LogP contribution in [-0.4, -0.2) is 53.7 Å². The van der Waals surface area contributed by atoms with Gasteiger partial charge in [-0.3, -0.25) is 0 Å². The van der Waals surface area contributed by atoms with E-state index < -0.39 is 0 Å². The minimum Gasteiger partial charge on any atom is -0.368 e. The lowest BCUT2D eigenvalue weighted by Gasteiger charge is -2.38. The number of benzene rings is 1. The van der Waals surface area contributed by atoms with Crippen LogP contribution in [0.15, 0.2) is 27.7 Å². The molecular weight excluding hydrogens is 328 g/mol. The Morgan fingerprint density at radius 2 is 1.96 bits per heavy atom. The smallest absolute Gasteiger partial charge is 0.248 e. The number of rotatable bonds is 4. The fourth-order valence-electron chi connectivity index (χ4n) is 3.21. The van der Waals surface area contributed by atoms with Crippen LogP contribution in [0.3, 0.4) is 0 Å². The fourth-order valence-corrected chi connectivity index (χ4v) is 3.21. The van der Waals surface area contributed by atoms with Crippen molar-refractivity contribution in [2.75, 3.05) is 37.6 Å². The number of anilines is 1. The summed E-state index contributed by atoms with van der Waals surface area (Å²) in [5, 5.41) is 7.19. The molecule has 1 aliphatic heterocycles. The van der Waals surface area contributed by atoms with Crippen molar-refractivity contribution in [1.29, 1.82) is 0 Å². The Morgan fingerprint density at radius 1 is 1.19 bits per heavy atom. The zero-order chi connectivity index (χ0) is 18.5. The number of hydrogen-bond acceptors (Lipinski definition) is 5. The van der Waals surface area contributed by atoms with Gasteiger partial charge in [0.25, 0.3) is 0 Å². The first-order valence-electron chi connectivity index (χ1n) is 9.22. The van der Waals surface area contributed by atoms with E-state index in [4.69, 9.17) is 4.52 Å². The van der Waals surface area contributed by atoms with Gasteiger partial charge in [-0.05, 0) is 44.9 Å². The van der Waals surface area contributed by atoms with E-state index in [1.807, 2.05) is 6.92 Å². The van der Waals surface area contributed by atoms with Gasteiger partial charge in [0.05, 0.1) is 0 Å². The van der Waals surface area contributed by atoms with Crippen molar-refractivity contribution in [3.8, 4) is 0 Å². The number of hydrogen-bond donors (Lipinski definition) is 1. The molecule has 0 unspecified atom stereocenters. The summed E-state index contributed by atoms with van der Waals surface area (Å²) in [6.45, 7) is 13.3. The highest BCUT2D eigenvalue weighted by atomic mass is 16.5. The number of nitrogens with zero attached hydrogens (tertiary/aromatic N) is 5. The number of guanidine groups is 1. The number of nitrogens with one attached hydrogen (secondary N) is 1. The second kappa shape index (κ2) is 8.21. The third kappa shape index (κ3) is 4.15. The topological polar surface area (TPSA) is 69.8 Å². The van der Waals surface area contributed by atoms with Crippen LogP contribution in [0.1, 0.15) is 29.8 Å². The first-order valence-corrected chi connectivity index (χ1v) is 9.22. The van der Waals surface area contributed by atoms with Crippen LogP contribution in [0.25, 0.3) is 0 Å². The van der Waals surface area contributed by atoms with Crippen molar-refractivity contribution in [3.05, 3.63) is 41.0 Å². The molecule has 0 bridgehead atoms. The summed E-state index contributed by atoms with van der Waals surface area (Å²) < 4.78 is 5.16. The molecule has 0 saturated carbocycles. The van der Waals surface area contributed by atoms with Crippen molar-refractivity contribution in [2.45, 2.75) is 34.2 Å². The van der Waals surface area contributed by atoms with E-state index in [-0.39, 0.29) is 0 Å². The Hall–Kier alpha value is -2.57. The van der Waals surface area contributed by atoms with Crippen LogP contribution in [0, 0.1) is 20.8 Å². The number of aryl methyl sites for hydroxylation is 2. The summed E-state index contributed by atoms with van der Waals surface area (Å²) in [6.07, 6.45) is 0. The molecule has 7 nitrogen and oxygen atoms in total. The van der Waals surface area contributed by atoms with Crippen molar-refractivity contribution in [3.63, 3.8) is 0 Å². The molecule has 7 heteroatoms. The van der Waals surface area contributed by atoms with Gasteiger partial charge in [0.15, 0.2) is 11.8 Å². The van der Waals surface area contributed by atoms with Gasteiger partial charge in [0, 0.05) is 38.4 Å². The monoisotopic (exact) mass is 356 g/mol. The Labute approximate surface area is 155 Å². The van der Waals surface area contributed by atoms with Crippen LogP contribution >= 0.6 is 0 Å². The van der Waals surface area contributed by atoms with Crippen LogP contribution in [0.2, 0.25) is 0 Å². The standard InChI is InChI=1S/C19H28N6O/c1-5-20-19(21-13-18-22-16(4)23-26-18)25-11-9-24(10-12-25)17-8-6-7-14(2)15(17)3/h6-8H,5,9-13H2,1-4H3,(H,20,21). The zero-order valence-electron chi connectivity index (χ0n) is 16.1. The van der Waals surface area contributed by atoms with Crippen molar-refractivity contribution < 1.29 is 4.52 Å². The molecule has 2 heterocycles. The van der Waals surface area contributed by atoms with Crippen LogP contribution in [0.4, 0.5) is 5.69 Å². The Bertz CT molecular complexity index is 761. The van der Waals surface area contributed by atoms with Gasteiger partial charge in [-0.1, -0.05) is 17.3 Å². The first kappa shape index (κ1) is 18.2. The molecule has 0 aliphatic carbocycles. The van der Waals surface area contributed by atoms with E-state index in [0.29, 0.717) is 18.3 Å². The predicted molar refractivity (Wildman–Crippen MR) is 104 cm³/mol. The largest absolute Gasteiger partial charge is 0.368 e. The second-order valence-electron chi connectivity index (χ2n) is 6.60. The third-order valence-corrected chi connectivity index (χ3v) is 4.76. The second-order valence-corrected chi connectivity index (χ2v) is 6.60. The molecule has 26 heavy (non-hydrogen) atoms. The van der Waals surface area contributed by atoms with E-state index >= 15 is 0 Å². The van der Waals surface area contributed by atoms with Crippen LogP contribution in [-0.2, 0) is 6.54 Å². The van der Waals surface area contributed by atoms with Gasteiger partial charge in [-0.15, -0.1) is 0 Å². The van der Waals surface area contributed by atoms with Gasteiger partial charge < -0.3 is 19.6 Å². The van der Waals surface area contributed by atoms with Crippen LogP contribution < -0.4 is 10.2 Å². The Morgan fingerprint density at radius 3 is 2.62 bits per heavy atom. The Balaban J connectivity index is 1.65. The number of piperazine rings is 1. The molecule has 2 aromatic rings. The predicted octanol–water partition coefficient (Wildman–Crippen LogP) is 2.28. The first-order chi connectivity index (χ1) is 12.6. The highest BCUT2D eigenvalue weighted by Crippen LogP contribution is 2.23. The minimum atomic E-state index is 0.403. The normalized spacial score (nSPS) is 15.5. The summed E-state index contributed by atoms with van der Waals surface area (Å²) >= 11 is 0. The van der Waals surface area contributed by atoms with Gasteiger partial charge in [0.1, 0.15) is 6.54 Å². The average molecular weight is 356 g/mol. The molecule has 140 valence electrons. The number of aromatic nitrogens is 2. The zero-order valence-corrected chi connectivity index (χ0v) is 16.1. The maximum atomic E-state index is 5.16. The summed E-state index contributed by atoms with van der Waals surface area (Å²) in [5.74, 6) is 2.10. The molecule has 1 saturated heterocycles. The molecule has 0 radical (unpaired) electrons. The molecule has 1 fully saturated rings. The van der Waals surface area contributed by atoms with Crippen molar-refractivity contribution in [2.24, 2.45) is 4.99 Å². The molecule has 0 spiro atoms. The molecule has 1 aromatic carbocycles. The summed E-state index contributed by atoms with van der Waals surface area (Å²) in [4.78, 5) is 13.6. The Kier molecular flexibility index (Phi) is 5.75. The molecule has 0 atom stereocenters. The summed E-state index contributed by atoms with van der Waals surface area (Å²) in [5.41, 5.74) is 4.05. The maximum Gasteiger partial charge on any atom is 0.248 e. The minimum absolute atomic E-state index is 0.403. The molecule has 1 aromatic heterocycles. The summed E-state index contributed by atoms with van der Waals surface area (Å²) in [6, 6.07) is 6.53. The highest BCUT2D eigenvalue weighted by Gasteiger charge is 2.21. The average Bonchev–Trinajstić information content (AvgIpc) is 3.06. The number of aliphatic imine (C=N–C) groups is 1. The fraction of sp³-hybridized carbons (Fsp3) is 0.526. The SMILES string of the molecule is CCNC(=NCc1nc(C)no1)N1CCN(c2cccc(C)c2C)CC1. The van der Waals surface area contributed by atoms with Gasteiger partial charge in [-0.2, -0.15) is 4.98 Å². The lowest BCUT2D eigenvalue weighted by Crippen LogP contribution is -2.52. The van der Waals surface area contributed by atoms with Crippen molar-refractivity contribution >= 4 is 11.6 Å². The quantitative estimate of drug-likeness (QED) is 0.669. The third-order valence-electron chi connectivity index (χ3n) is 4.76. The van der Waals surface area contributed by atoms with Gasteiger partial charge in [0.2, 0.25) is 5.89 Å². The van der Waals surface area contributed by atoms with E-state index in [0.717, 1.165) is 38.7 Å². The van der Waals surface area contributed by atoms with Gasteiger partial charge in [-0.25, -0.2) is 4.99 Å².